The summed E-state index contributed by atoms with van der Waals surface area (Å²) in [6, 6.07) is 6.56. The van der Waals surface area contributed by atoms with Crippen molar-refractivity contribution in [3.63, 3.8) is 0 Å². The molecular formula is C15H22N4O3. The number of hydrogen-bond acceptors (Lipinski definition) is 5. The van der Waals surface area contributed by atoms with E-state index in [-0.39, 0.29) is 23.8 Å². The van der Waals surface area contributed by atoms with Crippen LogP contribution < -0.4 is 10.6 Å². The maximum atomic E-state index is 12.2. The van der Waals surface area contributed by atoms with Crippen molar-refractivity contribution in [2.75, 3.05) is 31.5 Å². The summed E-state index contributed by atoms with van der Waals surface area (Å²) >= 11 is 0. The first kappa shape index (κ1) is 16.4. The number of hydrogen-bond donors (Lipinski definition) is 2. The second-order valence-corrected chi connectivity index (χ2v) is 5.44. The first-order valence-electron chi connectivity index (χ1n) is 7.60. The van der Waals surface area contributed by atoms with Crippen LogP contribution in [0.25, 0.3) is 0 Å². The molecule has 0 aliphatic carbocycles. The maximum absolute atomic E-state index is 12.2. The minimum atomic E-state index is -0.486. The molecule has 1 saturated heterocycles. The lowest BCUT2D eigenvalue weighted by Crippen LogP contribution is -2.42. The molecule has 1 atom stereocenters. The Kier molecular flexibility index (Phi) is 5.85. The van der Waals surface area contributed by atoms with Gasteiger partial charge in [0.25, 0.3) is 5.69 Å². The van der Waals surface area contributed by atoms with E-state index < -0.39 is 4.92 Å². The molecule has 120 valence electrons. The molecule has 1 amide bonds. The lowest BCUT2D eigenvalue weighted by atomic mass is 10.2. The topological polar surface area (TPSA) is 87.5 Å². The van der Waals surface area contributed by atoms with Gasteiger partial charge >= 0.3 is 0 Å². The first-order valence-corrected chi connectivity index (χ1v) is 7.60. The van der Waals surface area contributed by atoms with Gasteiger partial charge in [-0.1, -0.05) is 19.1 Å². The van der Waals surface area contributed by atoms with Crippen molar-refractivity contribution in [1.29, 1.82) is 0 Å². The van der Waals surface area contributed by atoms with Crippen LogP contribution in [0, 0.1) is 10.1 Å². The van der Waals surface area contributed by atoms with Gasteiger partial charge in [-0.15, -0.1) is 0 Å². The van der Waals surface area contributed by atoms with E-state index >= 15 is 0 Å². The summed E-state index contributed by atoms with van der Waals surface area (Å²) in [7, 11) is 0. The molecule has 0 aromatic heterocycles. The fraction of sp³-hybridized carbons (Fsp3) is 0.533. The van der Waals surface area contributed by atoms with Crippen molar-refractivity contribution in [3.05, 3.63) is 34.4 Å². The summed E-state index contributed by atoms with van der Waals surface area (Å²) in [6.45, 7) is 5.04. The zero-order valence-electron chi connectivity index (χ0n) is 12.7. The molecule has 0 radical (unpaired) electrons. The van der Waals surface area contributed by atoms with E-state index in [9.17, 15) is 14.9 Å². The number of nitro groups is 1. The van der Waals surface area contributed by atoms with E-state index in [2.05, 4.69) is 22.5 Å². The monoisotopic (exact) mass is 306 g/mol. The lowest BCUT2D eigenvalue weighted by molar-refractivity contribution is -0.383. The van der Waals surface area contributed by atoms with Gasteiger partial charge in [0.1, 0.15) is 5.69 Å². The van der Waals surface area contributed by atoms with Crippen LogP contribution in [0.3, 0.4) is 0 Å². The SMILES string of the molecule is CCCN(CC(=O)Nc1ccccc1[N+](=O)[O-])C1CCNC1. The second kappa shape index (κ2) is 7.86. The normalized spacial score (nSPS) is 17.6. The molecule has 0 spiro atoms. The number of rotatable bonds is 7. The Balaban J connectivity index is 2.00. The highest BCUT2D eigenvalue weighted by Crippen LogP contribution is 2.23. The zero-order chi connectivity index (χ0) is 15.9. The smallest absolute Gasteiger partial charge is 0.292 e. The molecule has 1 aromatic carbocycles. The van der Waals surface area contributed by atoms with Gasteiger partial charge in [0.2, 0.25) is 5.91 Å². The molecule has 0 saturated carbocycles. The molecule has 1 aromatic rings. The average molecular weight is 306 g/mol. The van der Waals surface area contributed by atoms with Crippen molar-refractivity contribution in [2.24, 2.45) is 0 Å². The van der Waals surface area contributed by atoms with E-state index in [1.165, 1.54) is 6.07 Å². The van der Waals surface area contributed by atoms with E-state index in [1.807, 2.05) is 0 Å². The second-order valence-electron chi connectivity index (χ2n) is 5.44. The fourth-order valence-corrected chi connectivity index (χ4v) is 2.74. The van der Waals surface area contributed by atoms with Gasteiger partial charge in [0.15, 0.2) is 0 Å². The van der Waals surface area contributed by atoms with Crippen LogP contribution in [0.5, 0.6) is 0 Å². The van der Waals surface area contributed by atoms with Crippen molar-refractivity contribution in [3.8, 4) is 0 Å². The van der Waals surface area contributed by atoms with Crippen LogP contribution in [-0.2, 0) is 4.79 Å². The molecule has 2 N–H and O–H groups in total. The lowest BCUT2D eigenvalue weighted by Gasteiger charge is -2.27. The molecule has 22 heavy (non-hydrogen) atoms. The predicted molar refractivity (Wildman–Crippen MR) is 84.9 cm³/mol. The first-order chi connectivity index (χ1) is 10.6. The Labute approximate surface area is 129 Å². The molecule has 1 fully saturated rings. The zero-order valence-corrected chi connectivity index (χ0v) is 12.7. The highest BCUT2D eigenvalue weighted by molar-refractivity contribution is 5.94. The summed E-state index contributed by atoms with van der Waals surface area (Å²) in [5, 5.41) is 16.9. The van der Waals surface area contributed by atoms with Crippen LogP contribution in [0.1, 0.15) is 19.8 Å². The Bertz CT molecular complexity index is 529. The number of benzene rings is 1. The minimum absolute atomic E-state index is 0.0829. The number of nitrogens with one attached hydrogen (secondary N) is 2. The number of nitro benzene ring substituents is 1. The summed E-state index contributed by atoms with van der Waals surface area (Å²) in [6.07, 6.45) is 1.99. The number of carbonyl (C=O) groups is 1. The van der Waals surface area contributed by atoms with Gasteiger partial charge in [0, 0.05) is 18.7 Å². The third-order valence-corrected chi connectivity index (χ3v) is 3.78. The maximum Gasteiger partial charge on any atom is 0.292 e. The Morgan fingerprint density at radius 3 is 2.91 bits per heavy atom. The van der Waals surface area contributed by atoms with Gasteiger partial charge in [-0.2, -0.15) is 0 Å². The van der Waals surface area contributed by atoms with Crippen molar-refractivity contribution in [2.45, 2.75) is 25.8 Å². The Morgan fingerprint density at radius 2 is 2.27 bits per heavy atom. The minimum Gasteiger partial charge on any atom is -0.319 e. The van der Waals surface area contributed by atoms with E-state index in [4.69, 9.17) is 0 Å². The summed E-state index contributed by atoms with van der Waals surface area (Å²) < 4.78 is 0. The molecule has 1 heterocycles. The number of nitrogens with zero attached hydrogens (tertiary/aromatic N) is 2. The molecular weight excluding hydrogens is 284 g/mol. The molecule has 0 bridgehead atoms. The Hall–Kier alpha value is -1.99. The molecule has 7 nitrogen and oxygen atoms in total. The Morgan fingerprint density at radius 1 is 1.50 bits per heavy atom. The quantitative estimate of drug-likeness (QED) is 0.590. The highest BCUT2D eigenvalue weighted by atomic mass is 16.6. The summed E-state index contributed by atoms with van der Waals surface area (Å²) in [4.78, 5) is 24.9. The number of amides is 1. The predicted octanol–water partition coefficient (Wildman–Crippen LogP) is 1.61. The van der Waals surface area contributed by atoms with Crippen molar-refractivity contribution in [1.82, 2.24) is 10.2 Å². The molecule has 7 heteroatoms. The number of carbonyl (C=O) groups excluding carboxylic acids is 1. The standard InChI is InChI=1S/C15H22N4O3/c1-2-9-18(12-7-8-16-10-12)11-15(20)17-13-5-3-4-6-14(13)19(21)22/h3-6,12,16H,2,7-11H2,1H3,(H,17,20). The van der Waals surface area contributed by atoms with E-state index in [1.54, 1.807) is 18.2 Å². The van der Waals surface area contributed by atoms with Crippen molar-refractivity contribution >= 4 is 17.3 Å². The fourth-order valence-electron chi connectivity index (χ4n) is 2.74. The van der Waals surface area contributed by atoms with Crippen LogP contribution >= 0.6 is 0 Å². The van der Waals surface area contributed by atoms with Gasteiger partial charge in [-0.25, -0.2) is 0 Å². The third-order valence-electron chi connectivity index (χ3n) is 3.78. The van der Waals surface area contributed by atoms with Crippen LogP contribution in [0.15, 0.2) is 24.3 Å². The average Bonchev–Trinajstić information content (AvgIpc) is 3.01. The summed E-state index contributed by atoms with van der Waals surface area (Å²) in [5.74, 6) is -0.213. The van der Waals surface area contributed by atoms with E-state index in [0.717, 1.165) is 32.5 Å². The summed E-state index contributed by atoms with van der Waals surface area (Å²) in [5.41, 5.74) is 0.166. The highest BCUT2D eigenvalue weighted by Gasteiger charge is 2.24. The molecule has 1 aliphatic rings. The molecule has 2 rings (SSSR count). The van der Waals surface area contributed by atoms with Crippen LogP contribution in [0.2, 0.25) is 0 Å². The number of para-hydroxylation sites is 2. The van der Waals surface area contributed by atoms with Gasteiger partial charge in [0.05, 0.1) is 11.5 Å². The molecule has 1 unspecified atom stereocenters. The van der Waals surface area contributed by atoms with Crippen LogP contribution in [-0.4, -0.2) is 48.0 Å². The largest absolute Gasteiger partial charge is 0.319 e. The van der Waals surface area contributed by atoms with Gasteiger partial charge < -0.3 is 10.6 Å². The van der Waals surface area contributed by atoms with Crippen LogP contribution in [0.4, 0.5) is 11.4 Å². The van der Waals surface area contributed by atoms with E-state index in [0.29, 0.717) is 6.04 Å². The third kappa shape index (κ3) is 4.25. The number of anilines is 1. The molecule has 1 aliphatic heterocycles. The van der Waals surface area contributed by atoms with Crippen molar-refractivity contribution < 1.29 is 9.72 Å². The van der Waals surface area contributed by atoms with Gasteiger partial charge in [-0.05, 0) is 32.0 Å². The van der Waals surface area contributed by atoms with Gasteiger partial charge in [-0.3, -0.25) is 19.8 Å².